The highest BCUT2D eigenvalue weighted by atomic mass is 16.5. The van der Waals surface area contributed by atoms with Crippen molar-refractivity contribution in [1.29, 1.82) is 0 Å². The summed E-state index contributed by atoms with van der Waals surface area (Å²) in [6.07, 6.45) is 2.12. The Morgan fingerprint density at radius 3 is 1.67 bits per heavy atom. The van der Waals surface area contributed by atoms with Gasteiger partial charge in [-0.3, -0.25) is 0 Å². The van der Waals surface area contributed by atoms with Crippen LogP contribution in [0, 0.1) is 0 Å². The molecule has 0 fully saturated rings. The van der Waals surface area contributed by atoms with Gasteiger partial charge in [0.2, 0.25) is 0 Å². The van der Waals surface area contributed by atoms with E-state index in [0.29, 0.717) is 6.61 Å². The Morgan fingerprint density at radius 1 is 0.767 bits per heavy atom. The molecule has 0 saturated heterocycles. The highest BCUT2D eigenvalue weighted by Gasteiger charge is 2.34. The lowest BCUT2D eigenvalue weighted by Gasteiger charge is -2.31. The van der Waals surface area contributed by atoms with Gasteiger partial charge in [0.15, 0.2) is 0 Å². The van der Waals surface area contributed by atoms with Gasteiger partial charge in [0, 0.05) is 19.8 Å². The second-order valence-corrected chi connectivity index (χ2v) is 7.61. The molecule has 1 N–H and O–H groups in total. The Kier molecular flexibility index (Phi) is 7.01. The van der Waals surface area contributed by atoms with Gasteiger partial charge in [-0.15, -0.1) is 0 Å². The van der Waals surface area contributed by atoms with Crippen LogP contribution in [0.15, 0.2) is 72.8 Å². The SMILES string of the molecule is CCCCOc1ccc(C(O)(c2ccc(OC)cc2)c2ccc(N(C)C)cc2)cc1. The number of anilines is 1. The number of rotatable bonds is 9. The quantitative estimate of drug-likeness (QED) is 0.391. The van der Waals surface area contributed by atoms with Gasteiger partial charge in [0.1, 0.15) is 17.1 Å². The molecular weight excluding hydrogens is 374 g/mol. The molecule has 0 heterocycles. The zero-order valence-electron chi connectivity index (χ0n) is 18.3. The summed E-state index contributed by atoms with van der Waals surface area (Å²) in [6, 6.07) is 23.3. The molecule has 1 unspecified atom stereocenters. The predicted molar refractivity (Wildman–Crippen MR) is 123 cm³/mol. The number of hydrogen-bond donors (Lipinski definition) is 1. The van der Waals surface area contributed by atoms with E-state index >= 15 is 0 Å². The summed E-state index contributed by atoms with van der Waals surface area (Å²) in [5.74, 6) is 1.57. The summed E-state index contributed by atoms with van der Waals surface area (Å²) in [5, 5.41) is 12.0. The highest BCUT2D eigenvalue weighted by Crippen LogP contribution is 2.38. The standard InChI is InChI=1S/C26H31NO3/c1-5-6-19-30-25-17-11-22(12-18-25)26(28,21-9-15-24(29-4)16-10-21)20-7-13-23(14-8-20)27(2)3/h7-18,28H,5-6,19H2,1-4H3. The van der Waals surface area contributed by atoms with Crippen LogP contribution >= 0.6 is 0 Å². The van der Waals surface area contributed by atoms with Crippen LogP contribution in [0.5, 0.6) is 11.5 Å². The number of nitrogens with zero attached hydrogens (tertiary/aromatic N) is 1. The van der Waals surface area contributed by atoms with E-state index in [1.54, 1.807) is 7.11 Å². The third kappa shape index (κ3) is 4.60. The minimum absolute atomic E-state index is 0.699. The molecule has 0 aromatic heterocycles. The Bertz CT molecular complexity index is 918. The van der Waals surface area contributed by atoms with Gasteiger partial charge in [-0.2, -0.15) is 0 Å². The lowest BCUT2D eigenvalue weighted by atomic mass is 9.80. The van der Waals surface area contributed by atoms with Crippen molar-refractivity contribution < 1.29 is 14.6 Å². The van der Waals surface area contributed by atoms with Gasteiger partial charge in [0.05, 0.1) is 13.7 Å². The fourth-order valence-electron chi connectivity index (χ4n) is 3.46. The summed E-state index contributed by atoms with van der Waals surface area (Å²) in [6.45, 7) is 2.84. The van der Waals surface area contributed by atoms with Crippen LogP contribution in [0.2, 0.25) is 0 Å². The summed E-state index contributed by atoms with van der Waals surface area (Å²) < 4.78 is 11.1. The third-order valence-corrected chi connectivity index (χ3v) is 5.35. The molecule has 0 aliphatic heterocycles. The minimum atomic E-state index is -1.29. The summed E-state index contributed by atoms with van der Waals surface area (Å²) in [5.41, 5.74) is 2.15. The predicted octanol–water partition coefficient (Wildman–Crippen LogP) is 5.22. The Labute approximate surface area is 179 Å². The van der Waals surface area contributed by atoms with Crippen LogP contribution in [-0.4, -0.2) is 32.9 Å². The maximum atomic E-state index is 12.0. The van der Waals surface area contributed by atoms with Gasteiger partial charge in [-0.1, -0.05) is 49.7 Å². The summed E-state index contributed by atoms with van der Waals surface area (Å²) >= 11 is 0. The zero-order valence-corrected chi connectivity index (χ0v) is 18.3. The van der Waals surface area contributed by atoms with E-state index in [0.717, 1.165) is 46.7 Å². The fourth-order valence-corrected chi connectivity index (χ4v) is 3.46. The molecule has 0 aliphatic carbocycles. The van der Waals surface area contributed by atoms with Crippen molar-refractivity contribution in [3.05, 3.63) is 89.5 Å². The molecule has 3 rings (SSSR count). The van der Waals surface area contributed by atoms with Gasteiger partial charge in [0.25, 0.3) is 0 Å². The molecule has 4 heteroatoms. The molecule has 0 bridgehead atoms. The van der Waals surface area contributed by atoms with E-state index < -0.39 is 5.60 Å². The monoisotopic (exact) mass is 405 g/mol. The molecule has 3 aromatic rings. The van der Waals surface area contributed by atoms with Gasteiger partial charge < -0.3 is 19.5 Å². The van der Waals surface area contributed by atoms with Gasteiger partial charge in [-0.05, 0) is 59.5 Å². The topological polar surface area (TPSA) is 41.9 Å². The molecule has 1 atom stereocenters. The average Bonchev–Trinajstić information content (AvgIpc) is 2.79. The van der Waals surface area contributed by atoms with Gasteiger partial charge in [-0.25, -0.2) is 0 Å². The second kappa shape index (κ2) is 9.68. The first kappa shape index (κ1) is 21.7. The van der Waals surface area contributed by atoms with E-state index in [-0.39, 0.29) is 0 Å². The highest BCUT2D eigenvalue weighted by molar-refractivity contribution is 5.53. The normalized spacial score (nSPS) is 12.8. The van der Waals surface area contributed by atoms with Crippen LogP contribution in [0.4, 0.5) is 5.69 Å². The van der Waals surface area contributed by atoms with Crippen molar-refractivity contribution in [1.82, 2.24) is 0 Å². The molecule has 0 saturated carbocycles. The lowest BCUT2D eigenvalue weighted by molar-refractivity contribution is 0.125. The van der Waals surface area contributed by atoms with E-state index in [9.17, 15) is 5.11 Å². The van der Waals surface area contributed by atoms with Crippen LogP contribution in [0.3, 0.4) is 0 Å². The molecule has 3 aromatic carbocycles. The van der Waals surface area contributed by atoms with Gasteiger partial charge >= 0.3 is 0 Å². The van der Waals surface area contributed by atoms with Crippen molar-refractivity contribution in [3.63, 3.8) is 0 Å². The first-order valence-corrected chi connectivity index (χ1v) is 10.4. The lowest BCUT2D eigenvalue weighted by Crippen LogP contribution is -2.29. The first-order chi connectivity index (χ1) is 14.5. The van der Waals surface area contributed by atoms with E-state index in [1.807, 2.05) is 91.8 Å². The second-order valence-electron chi connectivity index (χ2n) is 7.61. The van der Waals surface area contributed by atoms with Crippen molar-refractivity contribution in [3.8, 4) is 11.5 Å². The Hall–Kier alpha value is -2.98. The molecule has 158 valence electrons. The van der Waals surface area contributed by atoms with Crippen LogP contribution in [0.25, 0.3) is 0 Å². The molecule has 0 amide bonds. The van der Waals surface area contributed by atoms with E-state index in [4.69, 9.17) is 9.47 Å². The minimum Gasteiger partial charge on any atom is -0.497 e. The summed E-state index contributed by atoms with van der Waals surface area (Å²) in [4.78, 5) is 2.04. The number of methoxy groups -OCH3 is 1. The zero-order chi connectivity index (χ0) is 21.6. The van der Waals surface area contributed by atoms with Crippen molar-refractivity contribution in [2.75, 3.05) is 32.7 Å². The molecule has 0 aliphatic rings. The molecule has 30 heavy (non-hydrogen) atoms. The molecule has 0 spiro atoms. The molecular formula is C26H31NO3. The average molecular weight is 406 g/mol. The van der Waals surface area contributed by atoms with Crippen LogP contribution in [0.1, 0.15) is 36.5 Å². The van der Waals surface area contributed by atoms with Crippen LogP contribution in [-0.2, 0) is 5.60 Å². The molecule has 4 nitrogen and oxygen atoms in total. The number of hydrogen-bond acceptors (Lipinski definition) is 4. The van der Waals surface area contributed by atoms with Crippen LogP contribution < -0.4 is 14.4 Å². The molecule has 0 radical (unpaired) electrons. The number of ether oxygens (including phenoxy) is 2. The largest absolute Gasteiger partial charge is 0.497 e. The number of benzene rings is 3. The van der Waals surface area contributed by atoms with Crippen molar-refractivity contribution >= 4 is 5.69 Å². The van der Waals surface area contributed by atoms with Crippen molar-refractivity contribution in [2.45, 2.75) is 25.4 Å². The Morgan fingerprint density at radius 2 is 1.23 bits per heavy atom. The Balaban J connectivity index is 2.02. The number of unbranched alkanes of at least 4 members (excludes halogenated alkanes) is 1. The van der Waals surface area contributed by atoms with Crippen molar-refractivity contribution in [2.24, 2.45) is 0 Å². The van der Waals surface area contributed by atoms with E-state index in [1.165, 1.54) is 0 Å². The first-order valence-electron chi connectivity index (χ1n) is 10.4. The summed E-state index contributed by atoms with van der Waals surface area (Å²) in [7, 11) is 5.64. The third-order valence-electron chi connectivity index (χ3n) is 5.35. The smallest absolute Gasteiger partial charge is 0.140 e. The maximum absolute atomic E-state index is 12.0. The maximum Gasteiger partial charge on any atom is 0.140 e. The number of aliphatic hydroxyl groups is 1. The van der Waals surface area contributed by atoms with E-state index in [2.05, 4.69) is 6.92 Å². The fraction of sp³-hybridized carbons (Fsp3) is 0.308.